The molecule has 14 heteroatoms. The summed E-state index contributed by atoms with van der Waals surface area (Å²) in [7, 11) is 4.68. The summed E-state index contributed by atoms with van der Waals surface area (Å²) in [5.41, 5.74) is 8.39. The second kappa shape index (κ2) is 17.0. The molecule has 2 aromatic carbocycles. The summed E-state index contributed by atoms with van der Waals surface area (Å²) in [6.45, 7) is 5.29. The van der Waals surface area contributed by atoms with Gasteiger partial charge in [-0.3, -0.25) is 9.59 Å². The highest BCUT2D eigenvalue weighted by Gasteiger charge is 2.60. The van der Waals surface area contributed by atoms with E-state index in [0.29, 0.717) is 61.8 Å². The maximum atomic E-state index is 13.3. The average molecular weight is 805 g/mol. The molecule has 2 aliphatic heterocycles. The molecule has 0 radical (unpaired) electrons. The van der Waals surface area contributed by atoms with Crippen molar-refractivity contribution in [3.05, 3.63) is 47.5 Å². The van der Waals surface area contributed by atoms with Crippen LogP contribution in [0.25, 0.3) is 0 Å². The standard InChI is InChI=1S/C44H60N4O10/c1-42-18-29-19-43(2,24-42)26-44(20-29,25-42)47-41(52)57-22-32(45)39(50)48-14-6-7-30(21-48)46-40(51)58-35-13-9-27(15-38(35)55-5)8-11-31-33(49)23-56-36(31)16-28-10-12-34(53-3)37(17-28)54-4/h9-10,12-13,15,17,29-32,36H,6-8,11,14,16,18-26,45H2,1-5H3,(H,46,51)(H,47,52)/t29?,30-,31-,32-,36+,42?,43?,44?/m0/s1. The predicted molar refractivity (Wildman–Crippen MR) is 214 cm³/mol. The smallest absolute Gasteiger partial charge is 0.413 e. The third-order valence-electron chi connectivity index (χ3n) is 13.1. The topological polar surface area (TPSA) is 177 Å². The van der Waals surface area contributed by atoms with E-state index in [0.717, 1.165) is 30.4 Å². The number of piperidine rings is 1. The zero-order chi connectivity index (χ0) is 41.2. The van der Waals surface area contributed by atoms with Crippen LogP contribution in [-0.4, -0.2) is 100 Å². The number of nitrogens with one attached hydrogen (secondary N) is 2. The number of hydrogen-bond acceptors (Lipinski definition) is 11. The van der Waals surface area contributed by atoms with Gasteiger partial charge in [-0.05, 0) is 123 Å². The number of hydrogen-bond donors (Lipinski definition) is 3. The van der Waals surface area contributed by atoms with Crippen LogP contribution in [0.2, 0.25) is 0 Å². The molecule has 3 amide bonds. The molecule has 14 nitrogen and oxygen atoms in total. The highest BCUT2D eigenvalue weighted by atomic mass is 16.6. The monoisotopic (exact) mass is 804 g/mol. The van der Waals surface area contributed by atoms with E-state index >= 15 is 0 Å². The molecule has 316 valence electrons. The molecule has 4 N–H and O–H groups in total. The number of alkyl carbamates (subject to hydrolysis) is 1. The lowest BCUT2D eigenvalue weighted by atomic mass is 9.43. The number of amides is 3. The number of nitrogens with zero attached hydrogens (tertiary/aromatic N) is 1. The van der Waals surface area contributed by atoms with Crippen LogP contribution in [0.1, 0.15) is 82.8 Å². The molecule has 4 bridgehead atoms. The molecule has 6 aliphatic rings. The quantitative estimate of drug-likeness (QED) is 0.224. The van der Waals surface area contributed by atoms with Crippen molar-refractivity contribution in [1.29, 1.82) is 0 Å². The molecule has 8 rings (SSSR count). The van der Waals surface area contributed by atoms with Crippen LogP contribution in [0.3, 0.4) is 0 Å². The van der Waals surface area contributed by atoms with Crippen LogP contribution in [-0.2, 0) is 31.9 Å². The van der Waals surface area contributed by atoms with Crippen molar-refractivity contribution in [2.75, 3.05) is 47.6 Å². The number of methoxy groups -OCH3 is 3. The number of likely N-dealkylation sites (tertiary alicyclic amines) is 1. The second-order valence-electron chi connectivity index (χ2n) is 18.2. The first-order valence-corrected chi connectivity index (χ1v) is 20.7. The molecule has 0 aromatic heterocycles. The SMILES string of the molecule is COc1ccc(C[C@H]2OCC(=O)[C@@H]2CCc2ccc(OC(=O)N[C@H]3CCCN(C(=O)[C@@H](N)COC(=O)NC45CC6CC(C)(CC(C)(C6)C4)C5)C3)c(OC)c2)cc1OC. The van der Waals surface area contributed by atoms with Gasteiger partial charge in [0.2, 0.25) is 5.91 Å². The van der Waals surface area contributed by atoms with Crippen molar-refractivity contribution in [2.24, 2.45) is 28.4 Å². The van der Waals surface area contributed by atoms with Crippen molar-refractivity contribution in [3.63, 3.8) is 0 Å². The van der Waals surface area contributed by atoms with E-state index < -0.39 is 18.2 Å². The van der Waals surface area contributed by atoms with Crippen molar-refractivity contribution in [1.82, 2.24) is 15.5 Å². The zero-order valence-electron chi connectivity index (χ0n) is 34.6. The fraction of sp³-hybridized carbons (Fsp3) is 0.636. The zero-order valence-corrected chi connectivity index (χ0v) is 34.6. The molecule has 2 unspecified atom stereocenters. The van der Waals surface area contributed by atoms with Gasteiger partial charge in [0, 0.05) is 30.6 Å². The summed E-state index contributed by atoms with van der Waals surface area (Å²) in [5, 5.41) is 6.09. The number of ketones is 1. The number of ether oxygens (including phenoxy) is 6. The van der Waals surface area contributed by atoms with E-state index in [2.05, 4.69) is 24.5 Å². The lowest BCUT2D eigenvalue weighted by molar-refractivity contribution is -0.134. The predicted octanol–water partition coefficient (Wildman–Crippen LogP) is 5.35. The maximum Gasteiger partial charge on any atom is 0.413 e. The fourth-order valence-corrected chi connectivity index (χ4v) is 11.6. The number of nitrogens with two attached hydrogens (primary N) is 1. The molecule has 2 heterocycles. The van der Waals surface area contributed by atoms with Gasteiger partial charge in [-0.15, -0.1) is 0 Å². The third kappa shape index (κ3) is 9.33. The van der Waals surface area contributed by atoms with Crippen molar-refractivity contribution in [2.45, 2.75) is 108 Å². The highest BCUT2D eigenvalue weighted by molar-refractivity contribution is 5.84. The summed E-state index contributed by atoms with van der Waals surface area (Å²) < 4.78 is 33.5. The van der Waals surface area contributed by atoms with E-state index in [9.17, 15) is 19.2 Å². The highest BCUT2D eigenvalue weighted by Crippen LogP contribution is 2.66. The first kappa shape index (κ1) is 41.6. The van der Waals surface area contributed by atoms with Crippen LogP contribution < -0.4 is 35.3 Å². The van der Waals surface area contributed by atoms with Crippen LogP contribution in [0.4, 0.5) is 9.59 Å². The Kier molecular flexibility index (Phi) is 12.2. The molecule has 6 atom stereocenters. The van der Waals surface area contributed by atoms with Crippen LogP contribution in [0.5, 0.6) is 23.0 Å². The van der Waals surface area contributed by atoms with E-state index in [4.69, 9.17) is 34.2 Å². The molecule has 2 aromatic rings. The number of carbonyl (C=O) groups excluding carboxylic acids is 4. The van der Waals surface area contributed by atoms with Crippen molar-refractivity contribution < 1.29 is 47.6 Å². The molecular formula is C44H60N4O10. The van der Waals surface area contributed by atoms with Crippen molar-refractivity contribution >= 4 is 23.9 Å². The van der Waals surface area contributed by atoms with Gasteiger partial charge in [0.1, 0.15) is 19.3 Å². The van der Waals surface area contributed by atoms with Crippen LogP contribution in [0.15, 0.2) is 36.4 Å². The Morgan fingerprint density at radius 1 is 0.897 bits per heavy atom. The van der Waals surface area contributed by atoms with E-state index in [1.54, 1.807) is 31.3 Å². The van der Waals surface area contributed by atoms with E-state index in [-0.39, 0.29) is 71.6 Å². The first-order valence-electron chi connectivity index (χ1n) is 20.7. The third-order valence-corrected chi connectivity index (χ3v) is 13.1. The largest absolute Gasteiger partial charge is 0.493 e. The molecule has 0 spiro atoms. The number of carbonyl (C=O) groups is 4. The normalized spacial score (nSPS) is 30.4. The summed E-state index contributed by atoms with van der Waals surface area (Å²) in [6, 6.07) is 9.66. The lowest BCUT2D eigenvalue weighted by Gasteiger charge is -2.65. The van der Waals surface area contributed by atoms with Gasteiger partial charge < -0.3 is 49.7 Å². The van der Waals surface area contributed by atoms with Gasteiger partial charge in [-0.1, -0.05) is 26.0 Å². The summed E-state index contributed by atoms with van der Waals surface area (Å²) in [6.07, 6.45) is 8.14. The first-order chi connectivity index (χ1) is 27.7. The van der Waals surface area contributed by atoms with Gasteiger partial charge in [0.25, 0.3) is 0 Å². The van der Waals surface area contributed by atoms with Gasteiger partial charge >= 0.3 is 12.2 Å². The Labute approximate surface area is 341 Å². The minimum absolute atomic E-state index is 0.0753. The Hall–Kier alpha value is -4.56. The second-order valence-corrected chi connectivity index (χ2v) is 18.2. The fourth-order valence-electron chi connectivity index (χ4n) is 11.6. The maximum absolute atomic E-state index is 13.3. The molecule has 4 aliphatic carbocycles. The summed E-state index contributed by atoms with van der Waals surface area (Å²) >= 11 is 0. The van der Waals surface area contributed by atoms with Gasteiger partial charge in [-0.2, -0.15) is 0 Å². The number of aryl methyl sites for hydroxylation is 1. The molecule has 2 saturated heterocycles. The molecule has 6 fully saturated rings. The Morgan fingerprint density at radius 3 is 2.28 bits per heavy atom. The minimum Gasteiger partial charge on any atom is -0.493 e. The van der Waals surface area contributed by atoms with Crippen LogP contribution >= 0.6 is 0 Å². The minimum atomic E-state index is -1.02. The number of rotatable bonds is 14. The molecule has 4 saturated carbocycles. The van der Waals surface area contributed by atoms with Gasteiger partial charge in [-0.25, -0.2) is 9.59 Å². The van der Waals surface area contributed by atoms with Crippen molar-refractivity contribution in [3.8, 4) is 23.0 Å². The van der Waals surface area contributed by atoms with Gasteiger partial charge in [0.05, 0.1) is 27.4 Å². The summed E-state index contributed by atoms with van der Waals surface area (Å²) in [4.78, 5) is 53.9. The Morgan fingerprint density at radius 2 is 1.57 bits per heavy atom. The van der Waals surface area contributed by atoms with E-state index in [1.807, 2.05) is 24.3 Å². The number of Topliss-reactive ketones (excluding diaryl/α,β-unsaturated/α-hetero) is 1. The average Bonchev–Trinajstić information content (AvgIpc) is 3.52. The lowest BCUT2D eigenvalue weighted by Crippen LogP contribution is -2.65. The molecule has 58 heavy (non-hydrogen) atoms. The summed E-state index contributed by atoms with van der Waals surface area (Å²) in [5.74, 6) is 1.98. The van der Waals surface area contributed by atoms with Crippen LogP contribution in [0, 0.1) is 22.7 Å². The van der Waals surface area contributed by atoms with Gasteiger partial charge in [0.15, 0.2) is 28.8 Å². The van der Waals surface area contributed by atoms with E-state index in [1.165, 1.54) is 26.4 Å². The Balaban J connectivity index is 0.863. The molecular weight excluding hydrogens is 745 g/mol. The number of benzene rings is 2. The Bertz CT molecular complexity index is 1850.